The molecule has 1 aromatic carbocycles. The van der Waals surface area contributed by atoms with Gasteiger partial charge in [-0.25, -0.2) is 0 Å². The van der Waals surface area contributed by atoms with Crippen LogP contribution in [0.3, 0.4) is 0 Å². The first-order valence-corrected chi connectivity index (χ1v) is 7.29. The van der Waals surface area contributed by atoms with Crippen LogP contribution < -0.4 is 18.9 Å². The van der Waals surface area contributed by atoms with Crippen LogP contribution in [0.25, 0.3) is 0 Å². The zero-order chi connectivity index (χ0) is 11.9. The molecule has 3 heteroatoms. The zero-order valence-electron chi connectivity index (χ0n) is 10.8. The van der Waals surface area contributed by atoms with Crippen molar-refractivity contribution >= 4 is 10.8 Å². The van der Waals surface area contributed by atoms with Gasteiger partial charge in [0.25, 0.3) is 0 Å². The van der Waals surface area contributed by atoms with Crippen molar-refractivity contribution in [2.75, 3.05) is 0 Å². The molecule has 1 atom stereocenters. The van der Waals surface area contributed by atoms with Crippen molar-refractivity contribution in [1.29, 1.82) is 0 Å². The Bertz CT molecular complexity index is 437. The van der Waals surface area contributed by atoms with E-state index < -0.39 is 10.8 Å². The molecule has 1 aliphatic carbocycles. The molecule has 0 heterocycles. The Labute approximate surface area is 124 Å². The minimum Gasteiger partial charge on any atom is -0.264 e. The summed E-state index contributed by atoms with van der Waals surface area (Å²) in [7, 11) is -1.02. The van der Waals surface area contributed by atoms with Crippen LogP contribution in [0.2, 0.25) is 0 Å². The van der Waals surface area contributed by atoms with Crippen molar-refractivity contribution in [3.63, 3.8) is 0 Å². The number of allylic oxidation sites excluding steroid dienone is 3. The van der Waals surface area contributed by atoms with Crippen LogP contribution in [0, 0.1) is 5.75 Å². The quantitative estimate of drug-likeness (QED) is 0.576. The summed E-state index contributed by atoms with van der Waals surface area (Å²) in [6.07, 6.45) is 9.09. The van der Waals surface area contributed by atoms with Gasteiger partial charge >= 0.3 is 18.9 Å². The summed E-state index contributed by atoms with van der Waals surface area (Å²) in [4.78, 5) is 0. The van der Waals surface area contributed by atoms with Crippen LogP contribution in [0.4, 0.5) is 0 Å². The maximum absolute atomic E-state index is 11.8. The van der Waals surface area contributed by atoms with Crippen molar-refractivity contribution in [3.05, 3.63) is 64.8 Å². The fourth-order valence-corrected chi connectivity index (χ4v) is 2.69. The number of rotatable bonds is 4. The van der Waals surface area contributed by atoms with Crippen molar-refractivity contribution in [2.24, 2.45) is 0 Å². The summed E-state index contributed by atoms with van der Waals surface area (Å²) >= 11 is 0. The molecule has 0 aliphatic heterocycles. The van der Waals surface area contributed by atoms with Crippen LogP contribution in [0.1, 0.15) is 31.2 Å². The molecule has 0 N–H and O–H groups in total. The molecule has 1 aliphatic rings. The molecule has 1 nitrogen and oxygen atoms in total. The zero-order valence-corrected chi connectivity index (χ0v) is 11.7. The molecule has 0 amide bonds. The smallest absolute Gasteiger partial charge is 0.264 e. The van der Waals surface area contributed by atoms with Crippen LogP contribution in [-0.2, 0) is 10.8 Å². The first-order valence-electron chi connectivity index (χ1n) is 6.01. The molecule has 0 unspecified atom stereocenters. The van der Waals surface area contributed by atoms with Crippen LogP contribution in [-0.4, -0.2) is 4.21 Å². The van der Waals surface area contributed by atoms with Crippen molar-refractivity contribution in [1.82, 2.24) is 0 Å². The fourth-order valence-electron chi connectivity index (χ4n) is 1.87. The van der Waals surface area contributed by atoms with Gasteiger partial charge in [-0.3, -0.25) is 4.21 Å². The third kappa shape index (κ3) is 5.31. The monoisotopic (exact) mass is 252 g/mol. The van der Waals surface area contributed by atoms with Gasteiger partial charge in [0.1, 0.15) is 0 Å². The molecule has 18 heavy (non-hydrogen) atoms. The van der Waals surface area contributed by atoms with E-state index >= 15 is 0 Å². The number of benzene rings is 1. The third-order valence-electron chi connectivity index (χ3n) is 2.79. The van der Waals surface area contributed by atoms with E-state index in [0.29, 0.717) is 0 Å². The summed E-state index contributed by atoms with van der Waals surface area (Å²) in [6.45, 7) is 0. The van der Waals surface area contributed by atoms with Crippen molar-refractivity contribution in [3.8, 4) is 0 Å². The van der Waals surface area contributed by atoms with E-state index in [1.807, 2.05) is 36.4 Å². The van der Waals surface area contributed by atoms with Crippen molar-refractivity contribution < 1.29 is 23.1 Å². The van der Waals surface area contributed by atoms with Gasteiger partial charge in [-0.1, -0.05) is 29.5 Å². The molecule has 0 aromatic heterocycles. The molecule has 0 saturated carbocycles. The Morgan fingerprint density at radius 2 is 1.94 bits per heavy atom. The van der Waals surface area contributed by atoms with E-state index in [1.165, 1.54) is 18.4 Å². The maximum Gasteiger partial charge on any atom is 1.00 e. The summed E-state index contributed by atoms with van der Waals surface area (Å²) in [6, 6.07) is 9.80. The SMILES string of the molecule is O=[S@@](/C=C\C1=CCCCC1)[CH-]c1ccccc1.[Li+]. The van der Waals surface area contributed by atoms with Crippen LogP contribution in [0.5, 0.6) is 0 Å². The Balaban J connectivity index is 0.00000162. The van der Waals surface area contributed by atoms with E-state index in [2.05, 4.69) is 6.08 Å². The van der Waals surface area contributed by atoms with Crippen molar-refractivity contribution in [2.45, 2.75) is 25.7 Å². The second-order valence-corrected chi connectivity index (χ2v) is 5.35. The maximum atomic E-state index is 11.8. The van der Waals surface area contributed by atoms with E-state index in [-0.39, 0.29) is 18.9 Å². The molecule has 0 spiro atoms. The molecule has 90 valence electrons. The van der Waals surface area contributed by atoms with Gasteiger partial charge in [0.15, 0.2) is 0 Å². The Kier molecular flexibility index (Phi) is 7.20. The number of hydrogen-bond acceptors (Lipinski definition) is 1. The molecule has 0 bridgehead atoms. The van der Waals surface area contributed by atoms with Gasteiger partial charge in [0.2, 0.25) is 0 Å². The first-order chi connectivity index (χ1) is 8.34. The summed E-state index contributed by atoms with van der Waals surface area (Å²) in [5, 5.41) is 1.78. The van der Waals surface area contributed by atoms with Gasteiger partial charge in [0.05, 0.1) is 0 Å². The second kappa shape index (κ2) is 8.42. The second-order valence-electron chi connectivity index (χ2n) is 4.18. The molecule has 0 saturated heterocycles. The van der Waals surface area contributed by atoms with E-state index in [4.69, 9.17) is 0 Å². The minimum absolute atomic E-state index is 0. The number of hydrogen-bond donors (Lipinski definition) is 0. The molecule has 2 rings (SSSR count). The van der Waals surface area contributed by atoms with Gasteiger partial charge < -0.3 is 0 Å². The molecular weight excluding hydrogens is 235 g/mol. The molecular formula is C15H17LiOS. The van der Waals surface area contributed by atoms with Gasteiger partial charge in [-0.05, 0) is 31.1 Å². The Hall–Kier alpha value is -0.683. The average molecular weight is 252 g/mol. The standard InChI is InChI=1S/C15H17OS.Li/c16-17(13-15-9-5-2-6-10-15)12-11-14-7-3-1-4-8-14;/h2,5-7,9-13H,1,3-4,8H2;/q-1;+1/b12-11-;/t17-;/m0./s1. The first kappa shape index (κ1) is 15.4. The van der Waals surface area contributed by atoms with E-state index in [1.54, 1.807) is 11.2 Å². The topological polar surface area (TPSA) is 17.1 Å². The van der Waals surface area contributed by atoms with Gasteiger partial charge in [0, 0.05) is 10.8 Å². The fraction of sp³-hybridized carbons (Fsp3) is 0.267. The molecule has 0 fully saturated rings. The summed E-state index contributed by atoms with van der Waals surface area (Å²) in [5.74, 6) is 1.78. The van der Waals surface area contributed by atoms with E-state index in [0.717, 1.165) is 18.4 Å². The predicted octanol–water partition coefficient (Wildman–Crippen LogP) is 0.963. The Morgan fingerprint density at radius 1 is 1.17 bits per heavy atom. The van der Waals surface area contributed by atoms with E-state index in [9.17, 15) is 4.21 Å². The normalized spacial score (nSPS) is 16.8. The predicted molar refractivity (Wildman–Crippen MR) is 73.7 cm³/mol. The largest absolute Gasteiger partial charge is 1.00 e. The summed E-state index contributed by atoms with van der Waals surface area (Å²) in [5.41, 5.74) is 2.33. The van der Waals surface area contributed by atoms with Crippen LogP contribution in [0.15, 0.2) is 53.5 Å². The molecule has 0 radical (unpaired) electrons. The van der Waals surface area contributed by atoms with Gasteiger partial charge in [-0.15, -0.1) is 12.1 Å². The molecule has 1 aromatic rings. The Morgan fingerprint density at radius 3 is 2.61 bits per heavy atom. The third-order valence-corrected chi connectivity index (χ3v) is 3.70. The minimum atomic E-state index is -1.02. The average Bonchev–Trinajstić information content (AvgIpc) is 2.39. The van der Waals surface area contributed by atoms with Crippen LogP contribution >= 0.6 is 0 Å². The summed E-state index contributed by atoms with van der Waals surface area (Å²) < 4.78 is 11.8. The van der Waals surface area contributed by atoms with Gasteiger partial charge in [-0.2, -0.15) is 17.7 Å².